The van der Waals surface area contributed by atoms with Crippen molar-refractivity contribution in [1.82, 2.24) is 9.66 Å². The van der Waals surface area contributed by atoms with Crippen LogP contribution in [0.15, 0.2) is 57.4 Å². The first kappa shape index (κ1) is 26.2. The molecular weight excluding hydrogens is 514 g/mol. The van der Waals surface area contributed by atoms with Gasteiger partial charge in [0.15, 0.2) is 17.6 Å². The van der Waals surface area contributed by atoms with Crippen LogP contribution in [0.5, 0.6) is 11.5 Å². The molecule has 3 rings (SSSR count). The van der Waals surface area contributed by atoms with E-state index < -0.39 is 12.1 Å². The maximum Gasteiger partial charge on any atom is 0.344 e. The number of benzene rings is 2. The maximum absolute atomic E-state index is 13.3. The number of rotatable bonds is 10. The molecule has 184 valence electrons. The highest BCUT2D eigenvalue weighted by Crippen LogP contribution is 2.34. The SMILES string of the molecule is C=CCc1cc(C=Nn2c(C(C)C)nc3ccc(Br)cc3c2=O)cc(OCC)c1O[C@@H](C)C(=O)O. The van der Waals surface area contributed by atoms with Crippen molar-refractivity contribution in [1.29, 1.82) is 0 Å². The molecule has 1 aromatic heterocycles. The number of halogens is 1. The van der Waals surface area contributed by atoms with Crippen LogP contribution in [-0.4, -0.2) is 39.7 Å². The monoisotopic (exact) mass is 541 g/mol. The first-order valence-corrected chi connectivity index (χ1v) is 12.0. The van der Waals surface area contributed by atoms with E-state index in [-0.39, 0.29) is 11.5 Å². The number of carboxylic acid groups (broad SMARTS) is 1. The van der Waals surface area contributed by atoms with Gasteiger partial charge in [0.25, 0.3) is 5.56 Å². The van der Waals surface area contributed by atoms with Gasteiger partial charge in [-0.25, -0.2) is 9.78 Å². The van der Waals surface area contributed by atoms with Crippen molar-refractivity contribution in [3.05, 3.63) is 74.8 Å². The van der Waals surface area contributed by atoms with Gasteiger partial charge in [-0.3, -0.25) is 4.79 Å². The van der Waals surface area contributed by atoms with Gasteiger partial charge in [-0.15, -0.1) is 6.58 Å². The van der Waals surface area contributed by atoms with Gasteiger partial charge in [-0.1, -0.05) is 35.9 Å². The van der Waals surface area contributed by atoms with Gasteiger partial charge >= 0.3 is 5.97 Å². The predicted molar refractivity (Wildman–Crippen MR) is 140 cm³/mol. The van der Waals surface area contributed by atoms with Gasteiger partial charge in [0.05, 0.1) is 23.7 Å². The Morgan fingerprint density at radius 1 is 1.29 bits per heavy atom. The molecule has 1 heterocycles. The Balaban J connectivity index is 2.15. The highest BCUT2D eigenvalue weighted by molar-refractivity contribution is 9.10. The molecule has 35 heavy (non-hydrogen) atoms. The first-order valence-electron chi connectivity index (χ1n) is 11.2. The first-order chi connectivity index (χ1) is 16.7. The summed E-state index contributed by atoms with van der Waals surface area (Å²) in [5, 5.41) is 14.2. The molecule has 0 saturated carbocycles. The number of hydrogen-bond acceptors (Lipinski definition) is 6. The quantitative estimate of drug-likeness (QED) is 0.281. The number of carbonyl (C=O) groups is 1. The van der Waals surface area contributed by atoms with Crippen LogP contribution in [0.1, 0.15) is 50.6 Å². The average Bonchev–Trinajstić information content (AvgIpc) is 2.80. The van der Waals surface area contributed by atoms with Gasteiger partial charge in [-0.05, 0) is 56.2 Å². The Hall–Kier alpha value is -3.46. The van der Waals surface area contributed by atoms with Crippen LogP contribution in [0.4, 0.5) is 0 Å². The molecule has 0 aliphatic heterocycles. The fraction of sp³-hybridized carbons (Fsp3) is 0.308. The van der Waals surface area contributed by atoms with Crippen molar-refractivity contribution >= 4 is 39.0 Å². The van der Waals surface area contributed by atoms with Gasteiger partial charge in [0, 0.05) is 16.0 Å². The Bertz CT molecular complexity index is 1350. The van der Waals surface area contributed by atoms with E-state index in [9.17, 15) is 14.7 Å². The van der Waals surface area contributed by atoms with E-state index >= 15 is 0 Å². The van der Waals surface area contributed by atoms with Crippen molar-refractivity contribution in [2.24, 2.45) is 5.10 Å². The summed E-state index contributed by atoms with van der Waals surface area (Å²) in [5.41, 5.74) is 1.67. The number of nitrogens with zero attached hydrogens (tertiary/aromatic N) is 3. The lowest BCUT2D eigenvalue weighted by atomic mass is 10.1. The molecule has 0 unspecified atom stereocenters. The number of aliphatic carboxylic acids is 1. The van der Waals surface area contributed by atoms with E-state index in [0.717, 1.165) is 4.47 Å². The second-order valence-corrected chi connectivity index (χ2v) is 9.09. The summed E-state index contributed by atoms with van der Waals surface area (Å²) >= 11 is 3.41. The minimum Gasteiger partial charge on any atom is -0.490 e. The largest absolute Gasteiger partial charge is 0.490 e. The zero-order valence-electron chi connectivity index (χ0n) is 20.1. The van der Waals surface area contributed by atoms with E-state index in [1.165, 1.54) is 11.6 Å². The molecule has 1 N–H and O–H groups in total. The zero-order valence-corrected chi connectivity index (χ0v) is 21.7. The second kappa shape index (κ2) is 11.3. The van der Waals surface area contributed by atoms with E-state index in [0.29, 0.717) is 52.4 Å². The number of aromatic nitrogens is 2. The predicted octanol–water partition coefficient (Wildman–Crippen LogP) is 5.14. The Labute approximate surface area is 212 Å². The van der Waals surface area contributed by atoms with Crippen molar-refractivity contribution < 1.29 is 19.4 Å². The molecule has 8 nitrogen and oxygen atoms in total. The molecule has 9 heteroatoms. The smallest absolute Gasteiger partial charge is 0.344 e. The number of hydrogen-bond donors (Lipinski definition) is 1. The average molecular weight is 542 g/mol. The van der Waals surface area contributed by atoms with Crippen molar-refractivity contribution in [3.8, 4) is 11.5 Å². The summed E-state index contributed by atoms with van der Waals surface area (Å²) in [6, 6.07) is 8.88. The van der Waals surface area contributed by atoms with Gasteiger partial charge in [0.2, 0.25) is 0 Å². The third-order valence-electron chi connectivity index (χ3n) is 5.13. The standard InChI is InChI=1S/C26H28BrN3O5/c1-6-8-18-11-17(12-22(34-7-2)23(18)35-16(5)26(32)33)14-28-30-24(15(3)4)29-21-10-9-19(27)13-20(21)25(30)31/h6,9-16H,1,7-8H2,2-5H3,(H,32,33)/t16-/m0/s1. The highest BCUT2D eigenvalue weighted by Gasteiger charge is 2.20. The fourth-order valence-electron chi connectivity index (χ4n) is 3.46. The summed E-state index contributed by atoms with van der Waals surface area (Å²) < 4.78 is 13.5. The topological polar surface area (TPSA) is 103 Å². The van der Waals surface area contributed by atoms with Crippen LogP contribution in [0.2, 0.25) is 0 Å². The summed E-state index contributed by atoms with van der Waals surface area (Å²) in [6.45, 7) is 11.3. The third kappa shape index (κ3) is 5.97. The molecule has 0 fully saturated rings. The molecular formula is C26H28BrN3O5. The van der Waals surface area contributed by atoms with E-state index in [4.69, 9.17) is 9.47 Å². The molecule has 0 aliphatic rings. The Morgan fingerprint density at radius 3 is 2.66 bits per heavy atom. The lowest BCUT2D eigenvalue weighted by molar-refractivity contribution is -0.144. The number of fused-ring (bicyclic) bond motifs is 1. The number of carboxylic acids is 1. The van der Waals surface area contributed by atoms with Crippen LogP contribution in [0.3, 0.4) is 0 Å². The summed E-state index contributed by atoms with van der Waals surface area (Å²) in [6.07, 6.45) is 2.61. The lowest BCUT2D eigenvalue weighted by Crippen LogP contribution is -2.24. The Morgan fingerprint density at radius 2 is 2.03 bits per heavy atom. The molecule has 0 bridgehead atoms. The van der Waals surface area contributed by atoms with Crippen LogP contribution < -0.4 is 15.0 Å². The van der Waals surface area contributed by atoms with Crippen molar-refractivity contribution in [3.63, 3.8) is 0 Å². The van der Waals surface area contributed by atoms with Gasteiger partial charge in [-0.2, -0.15) is 9.78 Å². The van der Waals surface area contributed by atoms with Crippen molar-refractivity contribution in [2.75, 3.05) is 6.61 Å². The fourth-order valence-corrected chi connectivity index (χ4v) is 3.83. The van der Waals surface area contributed by atoms with Gasteiger partial charge < -0.3 is 14.6 Å². The minimum absolute atomic E-state index is 0.0449. The lowest BCUT2D eigenvalue weighted by Gasteiger charge is -2.18. The van der Waals surface area contributed by atoms with E-state index in [2.05, 4.69) is 32.6 Å². The normalized spacial score (nSPS) is 12.3. The van der Waals surface area contributed by atoms with Crippen LogP contribution >= 0.6 is 15.9 Å². The number of ether oxygens (including phenoxy) is 2. The molecule has 0 saturated heterocycles. The summed E-state index contributed by atoms with van der Waals surface area (Å²) in [4.78, 5) is 29.3. The summed E-state index contributed by atoms with van der Waals surface area (Å²) in [5.74, 6) is 0.136. The molecule has 1 atom stereocenters. The molecule has 0 amide bonds. The van der Waals surface area contributed by atoms with Crippen molar-refractivity contribution in [2.45, 2.75) is 46.1 Å². The second-order valence-electron chi connectivity index (χ2n) is 8.18. The molecule has 0 radical (unpaired) electrons. The molecule has 3 aromatic rings. The highest BCUT2D eigenvalue weighted by atomic mass is 79.9. The Kier molecular flexibility index (Phi) is 8.45. The maximum atomic E-state index is 13.3. The molecule has 2 aromatic carbocycles. The van der Waals surface area contributed by atoms with Crippen LogP contribution in [0.25, 0.3) is 10.9 Å². The zero-order chi connectivity index (χ0) is 25.7. The third-order valence-corrected chi connectivity index (χ3v) is 5.63. The molecule has 0 spiro atoms. The van der Waals surface area contributed by atoms with Crippen LogP contribution in [-0.2, 0) is 11.2 Å². The van der Waals surface area contributed by atoms with Crippen LogP contribution in [0, 0.1) is 0 Å². The van der Waals surface area contributed by atoms with Gasteiger partial charge in [0.1, 0.15) is 5.82 Å². The number of allylic oxidation sites excluding steroid dienone is 1. The van der Waals surface area contributed by atoms with E-state index in [1.807, 2.05) is 32.9 Å². The minimum atomic E-state index is -1.08. The molecule has 0 aliphatic carbocycles. The van der Waals surface area contributed by atoms with E-state index in [1.54, 1.807) is 30.5 Å². The summed E-state index contributed by atoms with van der Waals surface area (Å²) in [7, 11) is 0.